The molecule has 8 nitrogen and oxygen atoms in total. The summed E-state index contributed by atoms with van der Waals surface area (Å²) in [4.78, 5) is 25.0. The number of Topliss-reactive ketones (excluding diaryl/α,β-unsaturated/α-hetero) is 1. The number of aryl methyl sites for hydroxylation is 2. The third-order valence-corrected chi connectivity index (χ3v) is 8.16. The number of carbonyl (C=O) groups is 2. The number of piperidine rings is 1. The minimum absolute atomic E-state index is 0.109. The van der Waals surface area contributed by atoms with Crippen molar-refractivity contribution < 1.29 is 27.5 Å². The number of hydrogen-bond acceptors (Lipinski definition) is 6. The molecule has 1 aliphatic heterocycles. The second-order valence-corrected chi connectivity index (χ2v) is 10.6. The fourth-order valence-corrected chi connectivity index (χ4v) is 5.75. The van der Waals surface area contributed by atoms with E-state index in [0.717, 1.165) is 36.2 Å². The van der Waals surface area contributed by atoms with E-state index in [1.807, 2.05) is 18.4 Å². The van der Waals surface area contributed by atoms with Crippen molar-refractivity contribution in [2.75, 3.05) is 33.4 Å². The highest BCUT2D eigenvalue weighted by atomic mass is 32.2. The first-order chi connectivity index (χ1) is 16.2. The first kappa shape index (κ1) is 26.1. The standard InChI is InChI=1S/C25H34N2O6S/c1-19-17-23(20(2)27(19)15-16-32-3)24(28)18-33-25(29)12-9-21-7-10-22(11-8-21)34(30,31)26-13-5-4-6-14-26/h7-8,10-11,17H,4-6,9,12-16,18H2,1-3H3. The third kappa shape index (κ3) is 6.34. The van der Waals surface area contributed by atoms with Gasteiger partial charge in [0.15, 0.2) is 6.61 Å². The quantitative estimate of drug-likeness (QED) is 0.354. The number of sulfonamides is 1. The zero-order chi connectivity index (χ0) is 24.7. The molecule has 0 aliphatic carbocycles. The molecule has 0 unspecified atom stereocenters. The molecule has 1 fully saturated rings. The van der Waals surface area contributed by atoms with E-state index in [0.29, 0.717) is 38.2 Å². The second-order valence-electron chi connectivity index (χ2n) is 8.62. The zero-order valence-electron chi connectivity index (χ0n) is 20.2. The molecule has 0 spiro atoms. The summed E-state index contributed by atoms with van der Waals surface area (Å²) in [6.45, 7) is 5.81. The van der Waals surface area contributed by atoms with Crippen molar-refractivity contribution in [2.45, 2.75) is 57.4 Å². The molecule has 0 N–H and O–H groups in total. The smallest absolute Gasteiger partial charge is 0.306 e. The van der Waals surface area contributed by atoms with Gasteiger partial charge in [-0.3, -0.25) is 9.59 Å². The van der Waals surface area contributed by atoms with Crippen LogP contribution >= 0.6 is 0 Å². The minimum Gasteiger partial charge on any atom is -0.457 e. The number of hydrogen-bond donors (Lipinski definition) is 0. The monoisotopic (exact) mass is 490 g/mol. The van der Waals surface area contributed by atoms with Gasteiger partial charge in [-0.15, -0.1) is 0 Å². The third-order valence-electron chi connectivity index (χ3n) is 6.25. The minimum atomic E-state index is -3.47. The number of nitrogens with zero attached hydrogens (tertiary/aromatic N) is 2. The molecule has 0 atom stereocenters. The molecule has 2 aromatic rings. The molecule has 2 heterocycles. The lowest BCUT2D eigenvalue weighted by molar-refractivity contribution is -0.142. The summed E-state index contributed by atoms with van der Waals surface area (Å²) in [6.07, 6.45) is 3.36. The number of carbonyl (C=O) groups excluding carboxylic acids is 2. The maximum atomic E-state index is 12.7. The summed E-state index contributed by atoms with van der Waals surface area (Å²) in [6, 6.07) is 8.44. The van der Waals surface area contributed by atoms with Crippen LogP contribution in [0.15, 0.2) is 35.2 Å². The molecular weight excluding hydrogens is 456 g/mol. The summed E-state index contributed by atoms with van der Waals surface area (Å²) in [5, 5.41) is 0. The van der Waals surface area contributed by atoms with Gasteiger partial charge in [-0.1, -0.05) is 18.6 Å². The van der Waals surface area contributed by atoms with Crippen LogP contribution in [0.4, 0.5) is 0 Å². The van der Waals surface area contributed by atoms with Gasteiger partial charge in [0.25, 0.3) is 0 Å². The highest BCUT2D eigenvalue weighted by molar-refractivity contribution is 7.89. The Kier molecular flexibility index (Phi) is 9.04. The van der Waals surface area contributed by atoms with Crippen LogP contribution < -0.4 is 0 Å². The maximum absolute atomic E-state index is 12.7. The van der Waals surface area contributed by atoms with Crippen molar-refractivity contribution in [1.29, 1.82) is 0 Å². The molecule has 1 aliphatic rings. The van der Waals surface area contributed by atoms with Gasteiger partial charge < -0.3 is 14.0 Å². The fraction of sp³-hybridized carbons (Fsp3) is 0.520. The molecule has 3 rings (SSSR count). The van der Waals surface area contributed by atoms with Crippen molar-refractivity contribution in [3.63, 3.8) is 0 Å². The molecular formula is C25H34N2O6S. The van der Waals surface area contributed by atoms with Gasteiger partial charge in [0, 0.05) is 50.1 Å². The van der Waals surface area contributed by atoms with Gasteiger partial charge in [0.2, 0.25) is 15.8 Å². The average Bonchev–Trinajstić information content (AvgIpc) is 3.13. The number of esters is 1. The van der Waals surface area contributed by atoms with Crippen LogP contribution in [0.1, 0.15) is 53.0 Å². The lowest BCUT2D eigenvalue weighted by atomic mass is 10.1. The lowest BCUT2D eigenvalue weighted by Gasteiger charge is -2.25. The van der Waals surface area contributed by atoms with Crippen LogP contribution in [0.5, 0.6) is 0 Å². The first-order valence-corrected chi connectivity index (χ1v) is 13.1. The van der Waals surface area contributed by atoms with Gasteiger partial charge >= 0.3 is 5.97 Å². The van der Waals surface area contributed by atoms with Crippen molar-refractivity contribution in [1.82, 2.24) is 8.87 Å². The topological polar surface area (TPSA) is 94.9 Å². The molecule has 9 heteroatoms. The predicted octanol–water partition coefficient (Wildman–Crippen LogP) is 3.28. The van der Waals surface area contributed by atoms with Crippen LogP contribution in [0, 0.1) is 13.8 Å². The molecule has 34 heavy (non-hydrogen) atoms. The number of rotatable bonds is 11. The van der Waals surface area contributed by atoms with E-state index in [1.165, 1.54) is 4.31 Å². The van der Waals surface area contributed by atoms with Gasteiger partial charge in [0.1, 0.15) is 0 Å². The number of aromatic nitrogens is 1. The van der Waals surface area contributed by atoms with E-state index in [2.05, 4.69) is 0 Å². The van der Waals surface area contributed by atoms with Gasteiger partial charge in [0.05, 0.1) is 11.5 Å². The largest absolute Gasteiger partial charge is 0.457 e. The molecule has 1 saturated heterocycles. The van der Waals surface area contributed by atoms with E-state index in [4.69, 9.17) is 9.47 Å². The predicted molar refractivity (Wildman–Crippen MR) is 128 cm³/mol. The molecule has 186 valence electrons. The summed E-state index contributed by atoms with van der Waals surface area (Å²) < 4.78 is 39.3. The van der Waals surface area contributed by atoms with Crippen LogP contribution in [0.25, 0.3) is 0 Å². The molecule has 1 aromatic heterocycles. The normalized spacial score (nSPS) is 14.8. The number of ketones is 1. The first-order valence-electron chi connectivity index (χ1n) is 11.7. The maximum Gasteiger partial charge on any atom is 0.306 e. The Balaban J connectivity index is 1.49. The van der Waals surface area contributed by atoms with Gasteiger partial charge in [-0.2, -0.15) is 4.31 Å². The van der Waals surface area contributed by atoms with Crippen molar-refractivity contribution in [3.8, 4) is 0 Å². The van der Waals surface area contributed by atoms with Crippen LogP contribution in [-0.2, 0) is 37.3 Å². The Morgan fingerprint density at radius 3 is 2.35 bits per heavy atom. The molecule has 0 bridgehead atoms. The highest BCUT2D eigenvalue weighted by Crippen LogP contribution is 2.21. The van der Waals surface area contributed by atoms with E-state index < -0.39 is 16.0 Å². The van der Waals surface area contributed by atoms with Crippen LogP contribution in [0.2, 0.25) is 0 Å². The summed E-state index contributed by atoms with van der Waals surface area (Å²) in [5.41, 5.74) is 3.17. The van der Waals surface area contributed by atoms with Crippen molar-refractivity contribution in [2.24, 2.45) is 0 Å². The number of methoxy groups -OCH3 is 1. The van der Waals surface area contributed by atoms with Crippen LogP contribution in [0.3, 0.4) is 0 Å². The van der Waals surface area contributed by atoms with Gasteiger partial charge in [-0.05, 0) is 56.9 Å². The molecule has 0 radical (unpaired) electrons. The zero-order valence-corrected chi connectivity index (χ0v) is 21.0. The highest BCUT2D eigenvalue weighted by Gasteiger charge is 2.25. The summed E-state index contributed by atoms with van der Waals surface area (Å²) >= 11 is 0. The molecule has 0 amide bonds. The Labute approximate surface area is 201 Å². The second kappa shape index (κ2) is 11.8. The number of benzene rings is 1. The van der Waals surface area contributed by atoms with Crippen LogP contribution in [-0.4, -0.2) is 62.5 Å². The van der Waals surface area contributed by atoms with Gasteiger partial charge in [-0.25, -0.2) is 8.42 Å². The van der Waals surface area contributed by atoms with E-state index in [1.54, 1.807) is 37.4 Å². The number of ether oxygens (including phenoxy) is 2. The lowest BCUT2D eigenvalue weighted by Crippen LogP contribution is -2.35. The van der Waals surface area contributed by atoms with Crippen molar-refractivity contribution >= 4 is 21.8 Å². The summed E-state index contributed by atoms with van der Waals surface area (Å²) in [7, 11) is -1.84. The van der Waals surface area contributed by atoms with E-state index in [9.17, 15) is 18.0 Å². The Morgan fingerprint density at radius 2 is 1.71 bits per heavy atom. The fourth-order valence-electron chi connectivity index (χ4n) is 4.23. The Bertz CT molecular complexity index is 1100. The average molecular weight is 491 g/mol. The van der Waals surface area contributed by atoms with E-state index in [-0.39, 0.29) is 23.7 Å². The molecule has 0 saturated carbocycles. The Morgan fingerprint density at radius 1 is 1.03 bits per heavy atom. The molecule has 1 aromatic carbocycles. The Hall–Kier alpha value is -2.49. The van der Waals surface area contributed by atoms with Crippen molar-refractivity contribution in [3.05, 3.63) is 52.8 Å². The SMILES string of the molecule is COCCn1c(C)cc(C(=O)COC(=O)CCc2ccc(S(=O)(=O)N3CCCCC3)cc2)c1C. The summed E-state index contributed by atoms with van der Waals surface area (Å²) in [5.74, 6) is -0.705. The van der Waals surface area contributed by atoms with E-state index >= 15 is 0 Å².